The van der Waals surface area contributed by atoms with Crippen LogP contribution in [0, 0.1) is 17.6 Å². The van der Waals surface area contributed by atoms with E-state index >= 15 is 0 Å². The van der Waals surface area contributed by atoms with Crippen LogP contribution in [-0.4, -0.2) is 41.9 Å². The average Bonchev–Trinajstić information content (AvgIpc) is 3.02. The molecular weight excluding hydrogens is 368 g/mol. The average molecular weight is 385 g/mol. The number of H-pyrrole nitrogens is 1. The molecule has 3 rings (SSSR count). The summed E-state index contributed by atoms with van der Waals surface area (Å²) < 4.78 is 50.3. The summed E-state index contributed by atoms with van der Waals surface area (Å²) in [6.07, 6.45) is 0.684. The van der Waals surface area contributed by atoms with Gasteiger partial charge in [0.1, 0.15) is 11.6 Å². The number of hydrogen-bond acceptors (Lipinski definition) is 4. The number of carbonyl (C=O) groups is 1. The molecule has 4 N–H and O–H groups in total. The van der Waals surface area contributed by atoms with E-state index in [4.69, 9.17) is 5.14 Å². The predicted octanol–water partition coefficient (Wildman–Crippen LogP) is 1.21. The highest BCUT2D eigenvalue weighted by molar-refractivity contribution is 7.86. The van der Waals surface area contributed by atoms with Crippen LogP contribution in [-0.2, 0) is 15.0 Å². The van der Waals surface area contributed by atoms with E-state index in [1.165, 1.54) is 6.07 Å². The van der Waals surface area contributed by atoms with Gasteiger partial charge in [0.15, 0.2) is 5.82 Å². The van der Waals surface area contributed by atoms with Crippen molar-refractivity contribution in [3.8, 4) is 11.3 Å². The zero-order valence-corrected chi connectivity index (χ0v) is 14.4. The first-order valence-electron chi connectivity index (χ1n) is 7.83. The standard InChI is InChI=1S/C15H17F2N5O3S/c16-11-5-10(6-12(17)7-11)13-8-14(21-20-13)19-15(23)9-1-3-22(4-2-9)26(18,24)25/h5-9H,1-4H2,(H2,18,24,25)(H2,19,20,21,23). The Kier molecular flexibility index (Phi) is 5.03. The number of amides is 1. The second kappa shape index (κ2) is 7.09. The second-order valence-electron chi connectivity index (χ2n) is 6.03. The predicted molar refractivity (Wildman–Crippen MR) is 90.0 cm³/mol. The lowest BCUT2D eigenvalue weighted by Gasteiger charge is -2.28. The molecule has 0 radical (unpaired) electrons. The Balaban J connectivity index is 1.63. The van der Waals surface area contributed by atoms with Crippen LogP contribution in [0.25, 0.3) is 11.3 Å². The molecule has 11 heteroatoms. The Morgan fingerprint density at radius 2 is 1.81 bits per heavy atom. The van der Waals surface area contributed by atoms with Crippen molar-refractivity contribution < 1.29 is 22.0 Å². The molecule has 1 aromatic heterocycles. The molecule has 1 aromatic carbocycles. The first-order valence-corrected chi connectivity index (χ1v) is 9.33. The van der Waals surface area contributed by atoms with Crippen molar-refractivity contribution in [1.29, 1.82) is 0 Å². The summed E-state index contributed by atoms with van der Waals surface area (Å²) in [4.78, 5) is 12.3. The maximum atomic E-state index is 13.3. The second-order valence-corrected chi connectivity index (χ2v) is 7.58. The molecular formula is C15H17F2N5O3S. The minimum absolute atomic E-state index is 0.172. The van der Waals surface area contributed by atoms with Gasteiger partial charge in [-0.1, -0.05) is 0 Å². The van der Waals surface area contributed by atoms with Gasteiger partial charge in [-0.3, -0.25) is 9.89 Å². The normalized spacial score (nSPS) is 16.6. The minimum atomic E-state index is -3.75. The van der Waals surface area contributed by atoms with Crippen molar-refractivity contribution in [2.45, 2.75) is 12.8 Å². The first kappa shape index (κ1) is 18.4. The van der Waals surface area contributed by atoms with Crippen LogP contribution in [0.3, 0.4) is 0 Å². The van der Waals surface area contributed by atoms with E-state index in [1.807, 2.05) is 0 Å². The van der Waals surface area contributed by atoms with Gasteiger partial charge in [-0.25, -0.2) is 13.9 Å². The third-order valence-corrected chi connectivity index (χ3v) is 5.27. The van der Waals surface area contributed by atoms with Crippen LogP contribution in [0.4, 0.5) is 14.6 Å². The highest BCUT2D eigenvalue weighted by Crippen LogP contribution is 2.24. The third-order valence-electron chi connectivity index (χ3n) is 4.19. The summed E-state index contributed by atoms with van der Waals surface area (Å²) in [5, 5.41) is 14.2. The molecule has 1 aliphatic rings. The summed E-state index contributed by atoms with van der Waals surface area (Å²) in [5.41, 5.74) is 0.611. The van der Waals surface area contributed by atoms with Crippen LogP contribution in [0.1, 0.15) is 12.8 Å². The number of aromatic amines is 1. The van der Waals surface area contributed by atoms with Gasteiger partial charge in [-0.15, -0.1) is 0 Å². The Morgan fingerprint density at radius 1 is 1.19 bits per heavy atom. The monoisotopic (exact) mass is 385 g/mol. The number of hydrogen-bond donors (Lipinski definition) is 3. The number of benzene rings is 1. The molecule has 0 unspecified atom stereocenters. The largest absolute Gasteiger partial charge is 0.309 e. The highest BCUT2D eigenvalue weighted by Gasteiger charge is 2.29. The number of carbonyl (C=O) groups excluding carboxylic acids is 1. The number of nitrogens with zero attached hydrogens (tertiary/aromatic N) is 2. The summed E-state index contributed by atoms with van der Waals surface area (Å²) in [6, 6.07) is 4.51. The van der Waals surface area contributed by atoms with E-state index in [0.29, 0.717) is 18.5 Å². The van der Waals surface area contributed by atoms with E-state index in [0.717, 1.165) is 22.5 Å². The van der Waals surface area contributed by atoms with Crippen LogP contribution >= 0.6 is 0 Å². The van der Waals surface area contributed by atoms with E-state index < -0.39 is 21.8 Å². The van der Waals surface area contributed by atoms with Gasteiger partial charge < -0.3 is 5.32 Å². The number of halogens is 2. The number of anilines is 1. The molecule has 0 bridgehead atoms. The molecule has 1 aliphatic heterocycles. The fraction of sp³-hybridized carbons (Fsp3) is 0.333. The molecule has 8 nitrogen and oxygen atoms in total. The molecule has 26 heavy (non-hydrogen) atoms. The van der Waals surface area contributed by atoms with Gasteiger partial charge in [0, 0.05) is 36.7 Å². The van der Waals surface area contributed by atoms with Crippen LogP contribution < -0.4 is 10.5 Å². The van der Waals surface area contributed by atoms with E-state index in [1.54, 1.807) is 0 Å². The molecule has 0 spiro atoms. The Morgan fingerprint density at radius 3 is 2.38 bits per heavy atom. The van der Waals surface area contributed by atoms with Gasteiger partial charge in [-0.2, -0.15) is 17.8 Å². The lowest BCUT2D eigenvalue weighted by molar-refractivity contribution is -0.120. The van der Waals surface area contributed by atoms with E-state index in [2.05, 4.69) is 15.5 Å². The summed E-state index contributed by atoms with van der Waals surface area (Å²) in [6.45, 7) is 0.344. The SMILES string of the molecule is NS(=O)(=O)N1CCC(C(=O)Nc2cc(-c3cc(F)cc(F)c3)[nH]n2)CC1. The van der Waals surface area contributed by atoms with Gasteiger partial charge in [0.2, 0.25) is 5.91 Å². The number of nitrogens with one attached hydrogen (secondary N) is 2. The quantitative estimate of drug-likeness (QED) is 0.732. The van der Waals surface area contributed by atoms with Gasteiger partial charge >= 0.3 is 0 Å². The van der Waals surface area contributed by atoms with Crippen molar-refractivity contribution in [1.82, 2.24) is 14.5 Å². The maximum absolute atomic E-state index is 13.3. The van der Waals surface area contributed by atoms with E-state index in [-0.39, 0.29) is 36.3 Å². The van der Waals surface area contributed by atoms with Crippen molar-refractivity contribution in [3.05, 3.63) is 35.9 Å². The van der Waals surface area contributed by atoms with Crippen LogP contribution in [0.15, 0.2) is 24.3 Å². The molecule has 140 valence electrons. The van der Waals surface area contributed by atoms with Crippen molar-refractivity contribution in [2.75, 3.05) is 18.4 Å². The summed E-state index contributed by atoms with van der Waals surface area (Å²) in [7, 11) is -3.75. The van der Waals surface area contributed by atoms with Gasteiger partial charge in [-0.05, 0) is 25.0 Å². The van der Waals surface area contributed by atoms with Gasteiger partial charge in [0.25, 0.3) is 10.2 Å². The molecule has 1 fully saturated rings. The summed E-state index contributed by atoms with van der Waals surface area (Å²) >= 11 is 0. The third kappa shape index (κ3) is 4.23. The van der Waals surface area contributed by atoms with Crippen LogP contribution in [0.5, 0.6) is 0 Å². The van der Waals surface area contributed by atoms with Crippen molar-refractivity contribution in [2.24, 2.45) is 11.1 Å². The Bertz CT molecular complexity index is 903. The molecule has 0 atom stereocenters. The zero-order valence-electron chi connectivity index (χ0n) is 13.6. The van der Waals surface area contributed by atoms with Crippen molar-refractivity contribution >= 4 is 21.9 Å². The van der Waals surface area contributed by atoms with E-state index in [9.17, 15) is 22.0 Å². The molecule has 2 aromatic rings. The minimum Gasteiger partial charge on any atom is -0.309 e. The van der Waals surface area contributed by atoms with Crippen molar-refractivity contribution in [3.63, 3.8) is 0 Å². The Labute approximate surface area is 148 Å². The number of aromatic nitrogens is 2. The van der Waals surface area contributed by atoms with Gasteiger partial charge in [0.05, 0.1) is 5.69 Å². The number of rotatable bonds is 4. The lowest BCUT2D eigenvalue weighted by atomic mass is 9.97. The highest BCUT2D eigenvalue weighted by atomic mass is 32.2. The molecule has 0 saturated carbocycles. The molecule has 1 amide bonds. The lowest BCUT2D eigenvalue weighted by Crippen LogP contribution is -2.44. The molecule has 0 aliphatic carbocycles. The zero-order chi connectivity index (χ0) is 18.9. The maximum Gasteiger partial charge on any atom is 0.276 e. The number of nitrogens with two attached hydrogens (primary N) is 1. The molecule has 2 heterocycles. The topological polar surface area (TPSA) is 121 Å². The van der Waals surface area contributed by atoms with Crippen LogP contribution in [0.2, 0.25) is 0 Å². The Hall–Kier alpha value is -2.37. The smallest absolute Gasteiger partial charge is 0.276 e. The fourth-order valence-corrected chi connectivity index (χ4v) is 3.56. The summed E-state index contributed by atoms with van der Waals surface area (Å²) in [5.74, 6) is -1.91. The number of piperidine rings is 1. The molecule has 1 saturated heterocycles. The first-order chi connectivity index (χ1) is 12.2. The fourth-order valence-electron chi connectivity index (χ4n) is 2.84.